The Morgan fingerprint density at radius 3 is 2.27 bits per heavy atom. The molecule has 0 aliphatic rings. The van der Waals surface area contributed by atoms with Gasteiger partial charge >= 0.3 is 5.97 Å². The summed E-state index contributed by atoms with van der Waals surface area (Å²) in [5.41, 5.74) is 0. The second-order valence-electron chi connectivity index (χ2n) is 4.07. The summed E-state index contributed by atoms with van der Waals surface area (Å²) >= 11 is 0. The number of hydrogen-bond acceptors (Lipinski definition) is 4. The van der Waals surface area contributed by atoms with Crippen LogP contribution in [0.1, 0.15) is 6.42 Å². The molecule has 0 aliphatic heterocycles. The Morgan fingerprint density at radius 1 is 1.27 bits per heavy atom. The number of carboxylic acids is 1. The Kier molecular flexibility index (Phi) is 7.29. The van der Waals surface area contributed by atoms with Gasteiger partial charge in [0.1, 0.15) is 6.04 Å². The Bertz CT molecular complexity index is 186. The topological polar surface area (TPSA) is 55.8 Å². The van der Waals surface area contributed by atoms with E-state index in [1.807, 2.05) is 21.1 Å². The Balaban J connectivity index is 3.68. The number of nitrogens with zero attached hydrogens (tertiary/aromatic N) is 2. The van der Waals surface area contributed by atoms with Gasteiger partial charge in [-0.15, -0.1) is 0 Å². The van der Waals surface area contributed by atoms with Gasteiger partial charge in [-0.2, -0.15) is 0 Å². The monoisotopic (exact) mass is 217 g/mol. The summed E-state index contributed by atoms with van der Waals surface area (Å²) in [6, 6.07) is -0.438. The molecule has 0 radical (unpaired) electrons. The zero-order chi connectivity index (χ0) is 11.8. The molecular weight excluding hydrogens is 194 g/mol. The number of likely N-dealkylation sites (N-methyl/N-ethyl adjacent to an activating group) is 3. The first-order chi connectivity index (χ1) is 6.97. The maximum Gasteiger partial charge on any atom is 0.320 e. The molecule has 0 fully saturated rings. The second kappa shape index (κ2) is 7.62. The van der Waals surface area contributed by atoms with Crippen molar-refractivity contribution in [2.24, 2.45) is 0 Å². The number of rotatable bonds is 8. The zero-order valence-corrected chi connectivity index (χ0v) is 10.2. The molecule has 0 aromatic carbocycles. The molecule has 5 heteroatoms. The predicted octanol–water partition coefficient (Wildman–Crippen LogP) is -0.457. The summed E-state index contributed by atoms with van der Waals surface area (Å²) in [6.45, 7) is 2.75. The minimum absolute atomic E-state index is 0.438. The highest BCUT2D eigenvalue weighted by atomic mass is 16.4. The van der Waals surface area contributed by atoms with Crippen LogP contribution < -0.4 is 5.32 Å². The second-order valence-corrected chi connectivity index (χ2v) is 4.07. The number of carboxylic acid groups (broad SMARTS) is 1. The SMILES string of the molecule is CNC(CCN(C)CCN(C)C)C(=O)O. The molecule has 0 saturated heterocycles. The van der Waals surface area contributed by atoms with E-state index < -0.39 is 12.0 Å². The molecule has 0 spiro atoms. The van der Waals surface area contributed by atoms with Crippen molar-refractivity contribution in [1.82, 2.24) is 15.1 Å². The quantitative estimate of drug-likeness (QED) is 0.576. The molecule has 0 bridgehead atoms. The molecule has 0 saturated carbocycles. The van der Waals surface area contributed by atoms with E-state index in [0.717, 1.165) is 19.6 Å². The van der Waals surface area contributed by atoms with Gasteiger partial charge in [-0.1, -0.05) is 0 Å². The van der Waals surface area contributed by atoms with Crippen LogP contribution in [0.3, 0.4) is 0 Å². The van der Waals surface area contributed by atoms with Crippen LogP contribution in [0.25, 0.3) is 0 Å². The van der Waals surface area contributed by atoms with Gasteiger partial charge in [-0.25, -0.2) is 0 Å². The van der Waals surface area contributed by atoms with Gasteiger partial charge in [-0.3, -0.25) is 4.79 Å². The van der Waals surface area contributed by atoms with E-state index in [-0.39, 0.29) is 0 Å². The zero-order valence-electron chi connectivity index (χ0n) is 10.2. The fourth-order valence-corrected chi connectivity index (χ4v) is 1.22. The van der Waals surface area contributed by atoms with E-state index in [0.29, 0.717) is 6.42 Å². The van der Waals surface area contributed by atoms with Gasteiger partial charge in [0.15, 0.2) is 0 Å². The van der Waals surface area contributed by atoms with Crippen LogP contribution in [0.5, 0.6) is 0 Å². The molecule has 1 unspecified atom stereocenters. The Hall–Kier alpha value is -0.650. The Morgan fingerprint density at radius 2 is 1.87 bits per heavy atom. The van der Waals surface area contributed by atoms with Crippen molar-refractivity contribution in [2.45, 2.75) is 12.5 Å². The van der Waals surface area contributed by atoms with Crippen molar-refractivity contribution < 1.29 is 9.90 Å². The van der Waals surface area contributed by atoms with E-state index in [4.69, 9.17) is 5.11 Å². The largest absolute Gasteiger partial charge is 0.480 e. The molecule has 2 N–H and O–H groups in total. The Labute approximate surface area is 92.0 Å². The van der Waals surface area contributed by atoms with Crippen LogP contribution in [0.4, 0.5) is 0 Å². The van der Waals surface area contributed by atoms with Crippen molar-refractivity contribution in [2.75, 3.05) is 47.8 Å². The molecule has 0 aromatic heterocycles. The average Bonchev–Trinajstić information content (AvgIpc) is 2.15. The number of nitrogens with one attached hydrogen (secondary N) is 1. The molecule has 90 valence electrons. The first kappa shape index (κ1) is 14.3. The van der Waals surface area contributed by atoms with E-state index in [2.05, 4.69) is 15.1 Å². The van der Waals surface area contributed by atoms with Gasteiger partial charge in [0, 0.05) is 13.1 Å². The highest BCUT2D eigenvalue weighted by Crippen LogP contribution is 1.95. The lowest BCUT2D eigenvalue weighted by atomic mass is 10.2. The lowest BCUT2D eigenvalue weighted by Crippen LogP contribution is -2.38. The van der Waals surface area contributed by atoms with Crippen LogP contribution in [-0.2, 0) is 4.79 Å². The van der Waals surface area contributed by atoms with Gasteiger partial charge in [0.25, 0.3) is 0 Å². The molecule has 0 rings (SSSR count). The third-order valence-electron chi connectivity index (χ3n) is 2.37. The molecule has 5 nitrogen and oxygen atoms in total. The lowest BCUT2D eigenvalue weighted by Gasteiger charge is -2.20. The van der Waals surface area contributed by atoms with Crippen molar-refractivity contribution in [1.29, 1.82) is 0 Å². The van der Waals surface area contributed by atoms with Gasteiger partial charge in [-0.05, 0) is 41.2 Å². The van der Waals surface area contributed by atoms with E-state index in [9.17, 15) is 4.79 Å². The standard InChI is InChI=1S/C10H23N3O2/c1-11-9(10(14)15)5-6-13(4)8-7-12(2)3/h9,11H,5-8H2,1-4H3,(H,14,15). The predicted molar refractivity (Wildman–Crippen MR) is 61.2 cm³/mol. The summed E-state index contributed by atoms with van der Waals surface area (Å²) in [5.74, 6) is -0.779. The normalized spacial score (nSPS) is 13.5. The maximum atomic E-state index is 10.7. The maximum absolute atomic E-state index is 10.7. The molecule has 0 aliphatic carbocycles. The van der Waals surface area contributed by atoms with E-state index >= 15 is 0 Å². The van der Waals surface area contributed by atoms with Gasteiger partial charge in [0.05, 0.1) is 0 Å². The number of hydrogen-bond donors (Lipinski definition) is 2. The molecule has 15 heavy (non-hydrogen) atoms. The van der Waals surface area contributed by atoms with Gasteiger partial charge in [0.2, 0.25) is 0 Å². The van der Waals surface area contributed by atoms with Crippen molar-refractivity contribution in [3.63, 3.8) is 0 Å². The summed E-state index contributed by atoms with van der Waals surface area (Å²) < 4.78 is 0. The molecule has 0 aromatic rings. The lowest BCUT2D eigenvalue weighted by molar-refractivity contribution is -0.139. The smallest absolute Gasteiger partial charge is 0.320 e. The fourth-order valence-electron chi connectivity index (χ4n) is 1.22. The number of aliphatic carboxylic acids is 1. The van der Waals surface area contributed by atoms with Crippen molar-refractivity contribution in [3.05, 3.63) is 0 Å². The highest BCUT2D eigenvalue weighted by Gasteiger charge is 2.14. The third-order valence-corrected chi connectivity index (χ3v) is 2.37. The van der Waals surface area contributed by atoms with E-state index in [1.54, 1.807) is 7.05 Å². The van der Waals surface area contributed by atoms with Crippen LogP contribution in [0, 0.1) is 0 Å². The summed E-state index contributed by atoms with van der Waals surface area (Å²) in [7, 11) is 7.75. The molecule has 1 atom stereocenters. The summed E-state index contributed by atoms with van der Waals surface area (Å²) in [5, 5.41) is 11.6. The number of carbonyl (C=O) groups is 1. The van der Waals surface area contributed by atoms with Crippen molar-refractivity contribution >= 4 is 5.97 Å². The minimum Gasteiger partial charge on any atom is -0.480 e. The summed E-state index contributed by atoms with van der Waals surface area (Å²) in [4.78, 5) is 15.0. The van der Waals surface area contributed by atoms with E-state index in [1.165, 1.54) is 0 Å². The van der Waals surface area contributed by atoms with Crippen LogP contribution in [0.15, 0.2) is 0 Å². The van der Waals surface area contributed by atoms with Crippen LogP contribution in [0.2, 0.25) is 0 Å². The molecule has 0 amide bonds. The molecular formula is C10H23N3O2. The fraction of sp³-hybridized carbons (Fsp3) is 0.900. The first-order valence-electron chi connectivity index (χ1n) is 5.20. The third kappa shape index (κ3) is 7.30. The van der Waals surface area contributed by atoms with Crippen LogP contribution >= 0.6 is 0 Å². The highest BCUT2D eigenvalue weighted by molar-refractivity contribution is 5.73. The average molecular weight is 217 g/mol. The molecule has 0 heterocycles. The van der Waals surface area contributed by atoms with Crippen molar-refractivity contribution in [3.8, 4) is 0 Å². The summed E-state index contributed by atoms with van der Waals surface area (Å²) in [6.07, 6.45) is 0.635. The van der Waals surface area contributed by atoms with Gasteiger partial charge < -0.3 is 20.2 Å². The minimum atomic E-state index is -0.779. The first-order valence-corrected chi connectivity index (χ1v) is 5.20. The van der Waals surface area contributed by atoms with Crippen LogP contribution in [-0.4, -0.2) is 74.7 Å².